The van der Waals surface area contributed by atoms with Gasteiger partial charge >= 0.3 is 0 Å². The van der Waals surface area contributed by atoms with E-state index in [1.165, 1.54) is 64.0 Å². The molecule has 158 valence electrons. The van der Waals surface area contributed by atoms with Crippen molar-refractivity contribution >= 4 is 34.8 Å². The van der Waals surface area contributed by atoms with Gasteiger partial charge in [0.05, 0.1) is 16.7 Å². The van der Waals surface area contributed by atoms with E-state index in [0.29, 0.717) is 5.57 Å². The normalized spacial score (nSPS) is 17.7. The molecule has 1 unspecified atom stereocenters. The van der Waals surface area contributed by atoms with Crippen molar-refractivity contribution in [3.8, 4) is 0 Å². The highest BCUT2D eigenvalue weighted by molar-refractivity contribution is 7.97. The first-order valence-corrected chi connectivity index (χ1v) is 11.8. The summed E-state index contributed by atoms with van der Waals surface area (Å²) in [6, 6.07) is 6.14. The largest absolute Gasteiger partial charge is 0.404 e. The van der Waals surface area contributed by atoms with Gasteiger partial charge in [-0.25, -0.2) is 4.98 Å². The Morgan fingerprint density at radius 3 is 2.76 bits per heavy atom. The summed E-state index contributed by atoms with van der Waals surface area (Å²) in [6.45, 7) is 8.06. The van der Waals surface area contributed by atoms with Crippen molar-refractivity contribution in [3.63, 3.8) is 0 Å². The summed E-state index contributed by atoms with van der Waals surface area (Å²) >= 11 is 2.11. The van der Waals surface area contributed by atoms with Gasteiger partial charge in [-0.1, -0.05) is 38.6 Å². The second-order valence-corrected chi connectivity index (χ2v) is 9.38. The average Bonchev–Trinajstić information content (AvgIpc) is 3.15. The summed E-state index contributed by atoms with van der Waals surface area (Å²) in [4.78, 5) is 4.68. The summed E-state index contributed by atoms with van der Waals surface area (Å²) in [7, 11) is 0. The van der Waals surface area contributed by atoms with Crippen LogP contribution in [0.3, 0.4) is 0 Å². The zero-order valence-corrected chi connectivity index (χ0v) is 18.6. The number of aromatic nitrogens is 2. The van der Waals surface area contributed by atoms with Crippen molar-refractivity contribution in [1.29, 1.82) is 5.41 Å². The predicted octanol–water partition coefficient (Wildman–Crippen LogP) is 5.31. The minimum absolute atomic E-state index is 0.647. The van der Waals surface area contributed by atoms with E-state index in [-0.39, 0.29) is 0 Å². The smallest absolute Gasteiger partial charge is 0.0888 e. The summed E-state index contributed by atoms with van der Waals surface area (Å²) in [5.41, 5.74) is 9.14. The molecule has 3 N–H and O–H groups in total. The van der Waals surface area contributed by atoms with E-state index in [2.05, 4.69) is 58.0 Å². The molecule has 2 aromatic rings. The lowest BCUT2D eigenvalue weighted by atomic mass is 9.98. The summed E-state index contributed by atoms with van der Waals surface area (Å²) in [5.74, 6) is 0.721. The van der Waals surface area contributed by atoms with Gasteiger partial charge in [0.15, 0.2) is 0 Å². The second kappa shape index (κ2) is 10.8. The van der Waals surface area contributed by atoms with Crippen molar-refractivity contribution in [2.24, 2.45) is 11.7 Å². The van der Waals surface area contributed by atoms with E-state index in [1.54, 1.807) is 0 Å². The van der Waals surface area contributed by atoms with Gasteiger partial charge in [-0.15, -0.1) is 0 Å². The first-order chi connectivity index (χ1) is 14.2. The fourth-order valence-electron chi connectivity index (χ4n) is 4.05. The van der Waals surface area contributed by atoms with Gasteiger partial charge in [0.2, 0.25) is 0 Å². The van der Waals surface area contributed by atoms with Crippen LogP contribution in [0.5, 0.6) is 0 Å². The molecule has 2 aromatic heterocycles. The molecule has 1 atom stereocenters. The fourth-order valence-corrected chi connectivity index (χ4v) is 5.32. The van der Waals surface area contributed by atoms with Crippen LogP contribution >= 0.6 is 11.9 Å². The quantitative estimate of drug-likeness (QED) is 0.409. The Morgan fingerprint density at radius 2 is 2.10 bits per heavy atom. The molecular formula is C23H35N5S. The van der Waals surface area contributed by atoms with Crippen LogP contribution < -0.4 is 5.73 Å². The number of hydrogen-bond donors (Lipinski definition) is 2. The maximum absolute atomic E-state index is 7.46. The Hall–Kier alpha value is -1.79. The molecule has 3 heterocycles. The van der Waals surface area contributed by atoms with Crippen molar-refractivity contribution in [1.82, 2.24) is 13.9 Å². The molecular weight excluding hydrogens is 378 g/mol. The van der Waals surface area contributed by atoms with Gasteiger partial charge in [-0.3, -0.25) is 4.31 Å². The van der Waals surface area contributed by atoms with Gasteiger partial charge < -0.3 is 15.7 Å². The molecule has 0 radical (unpaired) electrons. The third-order valence-electron chi connectivity index (χ3n) is 5.92. The molecule has 3 rings (SSSR count). The highest BCUT2D eigenvalue weighted by atomic mass is 32.2. The highest BCUT2D eigenvalue weighted by Crippen LogP contribution is 2.30. The fraction of sp³-hybridized carbons (Fsp3) is 0.565. The molecule has 29 heavy (non-hydrogen) atoms. The minimum Gasteiger partial charge on any atom is -0.404 e. The number of unbranched alkanes of at least 4 members (excludes halogenated alkanes) is 1. The monoisotopic (exact) mass is 413 g/mol. The molecule has 0 amide bonds. The maximum Gasteiger partial charge on any atom is 0.0888 e. The van der Waals surface area contributed by atoms with Crippen LogP contribution in [0.1, 0.15) is 58.1 Å². The molecule has 0 spiro atoms. The second-order valence-electron chi connectivity index (χ2n) is 7.99. The molecule has 0 saturated carbocycles. The first kappa shape index (κ1) is 21.9. The van der Waals surface area contributed by atoms with E-state index in [1.807, 2.05) is 6.07 Å². The topological polar surface area (TPSA) is 70.9 Å². The molecule has 0 bridgehead atoms. The van der Waals surface area contributed by atoms with Gasteiger partial charge in [-0.05, 0) is 49.8 Å². The summed E-state index contributed by atoms with van der Waals surface area (Å²) < 4.78 is 4.95. The van der Waals surface area contributed by atoms with Crippen LogP contribution in [0.25, 0.3) is 16.6 Å². The molecule has 6 heteroatoms. The van der Waals surface area contributed by atoms with E-state index in [0.717, 1.165) is 34.4 Å². The Labute approximate surface area is 179 Å². The van der Waals surface area contributed by atoms with Crippen molar-refractivity contribution in [2.75, 3.05) is 13.1 Å². The standard InChI is InChI=1S/C23H35N5S/c1-3-5-6-20(4-2)29-28-13-9-18(10-14-28)17-27-12-11-22-23(27)8-7-21(26-22)19(15-24)16-25/h7-8,11-12,15-16,18,20,24H,3-6,9-10,13-14,17,25H2,1-2H3/b19-16+,24-15?. The lowest BCUT2D eigenvalue weighted by Crippen LogP contribution is -2.32. The highest BCUT2D eigenvalue weighted by Gasteiger charge is 2.22. The van der Waals surface area contributed by atoms with E-state index < -0.39 is 0 Å². The Balaban J connectivity index is 1.56. The van der Waals surface area contributed by atoms with Crippen molar-refractivity contribution < 1.29 is 0 Å². The first-order valence-electron chi connectivity index (χ1n) is 11.0. The third kappa shape index (κ3) is 5.64. The third-order valence-corrected chi connectivity index (χ3v) is 7.45. The molecule has 1 saturated heterocycles. The maximum atomic E-state index is 7.46. The average molecular weight is 414 g/mol. The Morgan fingerprint density at radius 1 is 1.31 bits per heavy atom. The predicted molar refractivity (Wildman–Crippen MR) is 126 cm³/mol. The number of pyridine rings is 1. The number of nitrogens with two attached hydrogens (primary N) is 1. The number of nitrogens with one attached hydrogen (secondary N) is 1. The molecule has 0 aromatic carbocycles. The van der Waals surface area contributed by atoms with Crippen molar-refractivity contribution in [2.45, 2.75) is 64.2 Å². The van der Waals surface area contributed by atoms with Gasteiger partial charge in [0.25, 0.3) is 0 Å². The lowest BCUT2D eigenvalue weighted by Gasteiger charge is -2.33. The number of rotatable bonds is 10. The van der Waals surface area contributed by atoms with Crippen LogP contribution in [-0.2, 0) is 6.54 Å². The van der Waals surface area contributed by atoms with Crippen LogP contribution in [0.4, 0.5) is 0 Å². The van der Waals surface area contributed by atoms with Gasteiger partial charge in [0.1, 0.15) is 0 Å². The van der Waals surface area contributed by atoms with Crippen LogP contribution in [0.2, 0.25) is 0 Å². The molecule has 0 aliphatic carbocycles. The Kier molecular flexibility index (Phi) is 8.19. The van der Waals surface area contributed by atoms with Crippen LogP contribution in [0, 0.1) is 11.3 Å². The van der Waals surface area contributed by atoms with Crippen LogP contribution in [0.15, 0.2) is 30.6 Å². The number of allylic oxidation sites excluding steroid dienone is 1. The van der Waals surface area contributed by atoms with Gasteiger partial charge in [0, 0.05) is 49.1 Å². The number of piperidine rings is 1. The van der Waals surface area contributed by atoms with E-state index in [4.69, 9.17) is 11.1 Å². The molecule has 5 nitrogen and oxygen atoms in total. The Bertz CT molecular complexity index is 820. The number of nitrogens with zero attached hydrogens (tertiary/aromatic N) is 3. The summed E-state index contributed by atoms with van der Waals surface area (Å²) in [6.07, 6.45) is 12.6. The molecule has 1 aliphatic rings. The van der Waals surface area contributed by atoms with Crippen LogP contribution in [-0.4, -0.2) is 38.4 Å². The van der Waals surface area contributed by atoms with Gasteiger partial charge in [-0.2, -0.15) is 0 Å². The zero-order chi connectivity index (χ0) is 20.6. The minimum atomic E-state index is 0.647. The van der Waals surface area contributed by atoms with E-state index >= 15 is 0 Å². The SMILES string of the molecule is CCCCC(CC)SN1CCC(Cn2ccc3nc(/C(C=N)=C/N)ccc32)CC1. The van der Waals surface area contributed by atoms with Crippen molar-refractivity contribution in [3.05, 3.63) is 36.3 Å². The number of hydrogen-bond acceptors (Lipinski definition) is 5. The lowest BCUT2D eigenvalue weighted by molar-refractivity contribution is 0.268. The van der Waals surface area contributed by atoms with E-state index in [9.17, 15) is 0 Å². The molecule has 1 fully saturated rings. The summed E-state index contributed by atoms with van der Waals surface area (Å²) in [5, 5.41) is 8.25. The zero-order valence-electron chi connectivity index (χ0n) is 17.8. The molecule has 1 aliphatic heterocycles. The number of fused-ring (bicyclic) bond motifs is 1.